The fourth-order valence-electron chi connectivity index (χ4n) is 1.89. The monoisotopic (exact) mass is 231 g/mol. The van der Waals surface area contributed by atoms with E-state index in [2.05, 4.69) is 15.2 Å². The number of aromatic nitrogens is 4. The Balaban J connectivity index is 2.31. The van der Waals surface area contributed by atoms with Gasteiger partial charge in [0.15, 0.2) is 0 Å². The summed E-state index contributed by atoms with van der Waals surface area (Å²) >= 11 is 0. The van der Waals surface area contributed by atoms with Crippen molar-refractivity contribution in [2.45, 2.75) is 0 Å². The Hall–Kier alpha value is -2.37. The molecule has 1 aromatic carbocycles. The molecule has 0 aliphatic carbocycles. The summed E-state index contributed by atoms with van der Waals surface area (Å²) in [4.78, 5) is 4.36. The number of H-pyrrole nitrogens is 1. The van der Waals surface area contributed by atoms with Crippen LogP contribution < -0.4 is 5.73 Å². The molecule has 3 aromatic rings. The van der Waals surface area contributed by atoms with Gasteiger partial charge in [0.2, 0.25) is 0 Å². The van der Waals surface area contributed by atoms with Gasteiger partial charge in [-0.2, -0.15) is 5.10 Å². The molecule has 0 bridgehead atoms. The molecule has 0 amide bonds. The minimum absolute atomic E-state index is 0.303. The predicted molar refractivity (Wildman–Crippen MR) is 62.7 cm³/mol. The van der Waals surface area contributed by atoms with Crippen molar-refractivity contribution in [2.24, 2.45) is 7.05 Å². The molecule has 0 unspecified atom stereocenters. The lowest BCUT2D eigenvalue weighted by Gasteiger charge is -1.99. The molecule has 3 rings (SSSR count). The van der Waals surface area contributed by atoms with Crippen molar-refractivity contribution < 1.29 is 4.39 Å². The normalized spacial score (nSPS) is 11.2. The topological polar surface area (TPSA) is 72.5 Å². The van der Waals surface area contributed by atoms with Gasteiger partial charge < -0.3 is 10.3 Å². The van der Waals surface area contributed by atoms with E-state index in [0.29, 0.717) is 22.7 Å². The highest BCUT2D eigenvalue weighted by Gasteiger charge is 2.13. The number of fused-ring (bicyclic) bond motifs is 1. The van der Waals surface area contributed by atoms with E-state index in [0.717, 1.165) is 5.52 Å². The molecular formula is C11H10FN5. The highest BCUT2D eigenvalue weighted by atomic mass is 19.1. The molecule has 0 radical (unpaired) electrons. The molecule has 0 saturated carbocycles. The second-order valence-corrected chi connectivity index (χ2v) is 3.82. The number of hydrogen-bond donors (Lipinski definition) is 2. The molecule has 0 fully saturated rings. The van der Waals surface area contributed by atoms with Gasteiger partial charge in [0.1, 0.15) is 17.5 Å². The molecule has 17 heavy (non-hydrogen) atoms. The summed E-state index contributed by atoms with van der Waals surface area (Å²) in [6.45, 7) is 0. The van der Waals surface area contributed by atoms with E-state index < -0.39 is 0 Å². The van der Waals surface area contributed by atoms with Crippen molar-refractivity contribution in [1.82, 2.24) is 19.7 Å². The Morgan fingerprint density at radius 2 is 2.24 bits per heavy atom. The summed E-state index contributed by atoms with van der Waals surface area (Å²) in [5.41, 5.74) is 7.91. The molecule has 0 atom stereocenters. The van der Waals surface area contributed by atoms with Crippen LogP contribution in [0.25, 0.3) is 22.4 Å². The first-order chi connectivity index (χ1) is 8.16. The maximum Gasteiger partial charge on any atom is 0.146 e. The number of hydrogen-bond acceptors (Lipinski definition) is 3. The predicted octanol–water partition coefficient (Wildman–Crippen LogP) is 1.68. The van der Waals surface area contributed by atoms with E-state index in [1.165, 1.54) is 12.1 Å². The van der Waals surface area contributed by atoms with Crippen LogP contribution in [0.4, 0.5) is 10.2 Å². The molecule has 2 aromatic heterocycles. The van der Waals surface area contributed by atoms with Crippen LogP contribution in [0.5, 0.6) is 0 Å². The Morgan fingerprint density at radius 3 is 2.94 bits per heavy atom. The van der Waals surface area contributed by atoms with Gasteiger partial charge in [-0.3, -0.25) is 5.10 Å². The van der Waals surface area contributed by atoms with E-state index >= 15 is 0 Å². The van der Waals surface area contributed by atoms with Crippen molar-refractivity contribution in [3.8, 4) is 11.4 Å². The van der Waals surface area contributed by atoms with Crippen molar-refractivity contribution in [2.75, 3.05) is 5.73 Å². The van der Waals surface area contributed by atoms with E-state index in [4.69, 9.17) is 5.73 Å². The molecule has 3 N–H and O–H groups in total. The SMILES string of the molecule is Cn1c(-c2cn[nH]c2N)nc2cc(F)ccc21. The Kier molecular flexibility index (Phi) is 1.91. The van der Waals surface area contributed by atoms with Gasteiger partial charge in [0.25, 0.3) is 0 Å². The lowest BCUT2D eigenvalue weighted by Crippen LogP contribution is -1.94. The number of anilines is 1. The van der Waals surface area contributed by atoms with Crippen molar-refractivity contribution in [1.29, 1.82) is 0 Å². The van der Waals surface area contributed by atoms with Crippen LogP contribution in [0.1, 0.15) is 0 Å². The quantitative estimate of drug-likeness (QED) is 0.669. The first-order valence-corrected chi connectivity index (χ1v) is 5.08. The number of aryl methyl sites for hydroxylation is 1. The van der Waals surface area contributed by atoms with Crippen molar-refractivity contribution in [3.05, 3.63) is 30.2 Å². The minimum atomic E-state index is -0.303. The van der Waals surface area contributed by atoms with Gasteiger partial charge in [-0.25, -0.2) is 9.37 Å². The van der Waals surface area contributed by atoms with Crippen LogP contribution in [0.3, 0.4) is 0 Å². The van der Waals surface area contributed by atoms with Crippen LogP contribution >= 0.6 is 0 Å². The van der Waals surface area contributed by atoms with Gasteiger partial charge >= 0.3 is 0 Å². The molecular weight excluding hydrogens is 221 g/mol. The standard InChI is InChI=1S/C11H10FN5/c1-17-9-3-2-6(12)4-8(9)15-11(17)7-5-14-16-10(7)13/h2-5H,1H3,(H3,13,14,16). The lowest BCUT2D eigenvalue weighted by molar-refractivity contribution is 0.629. The molecule has 0 spiro atoms. The van der Waals surface area contributed by atoms with Crippen LogP contribution in [-0.4, -0.2) is 19.7 Å². The first kappa shape index (κ1) is 9.83. The molecule has 6 heteroatoms. The smallest absolute Gasteiger partial charge is 0.146 e. The average molecular weight is 231 g/mol. The third-order valence-electron chi connectivity index (χ3n) is 2.75. The first-order valence-electron chi connectivity index (χ1n) is 5.08. The van der Waals surface area contributed by atoms with Crippen molar-refractivity contribution >= 4 is 16.9 Å². The van der Waals surface area contributed by atoms with Crippen LogP contribution in [0, 0.1) is 5.82 Å². The van der Waals surface area contributed by atoms with Crippen LogP contribution in [0.15, 0.2) is 24.4 Å². The zero-order valence-corrected chi connectivity index (χ0v) is 9.11. The number of nitrogens with two attached hydrogens (primary N) is 1. The minimum Gasteiger partial charge on any atom is -0.383 e. The van der Waals surface area contributed by atoms with E-state index in [9.17, 15) is 4.39 Å². The second-order valence-electron chi connectivity index (χ2n) is 3.82. The summed E-state index contributed by atoms with van der Waals surface area (Å²) in [5.74, 6) is 0.808. The number of rotatable bonds is 1. The second kappa shape index (κ2) is 3.31. The summed E-state index contributed by atoms with van der Waals surface area (Å²) in [5, 5.41) is 6.50. The number of nitrogens with zero attached hydrogens (tertiary/aromatic N) is 3. The Bertz CT molecular complexity index is 697. The third-order valence-corrected chi connectivity index (χ3v) is 2.75. The summed E-state index contributed by atoms with van der Waals surface area (Å²) in [6, 6.07) is 4.50. The zero-order chi connectivity index (χ0) is 12.0. The van der Waals surface area contributed by atoms with Crippen molar-refractivity contribution in [3.63, 3.8) is 0 Å². The molecule has 0 aliphatic heterocycles. The molecule has 0 saturated heterocycles. The van der Waals surface area contributed by atoms with Crippen LogP contribution in [-0.2, 0) is 7.05 Å². The highest BCUT2D eigenvalue weighted by Crippen LogP contribution is 2.26. The van der Waals surface area contributed by atoms with Gasteiger partial charge in [-0.1, -0.05) is 0 Å². The Morgan fingerprint density at radius 1 is 1.41 bits per heavy atom. The zero-order valence-electron chi connectivity index (χ0n) is 9.11. The summed E-state index contributed by atoms with van der Waals surface area (Å²) < 4.78 is 15.0. The fourth-order valence-corrected chi connectivity index (χ4v) is 1.89. The van der Waals surface area contributed by atoms with E-state index in [1.54, 1.807) is 12.3 Å². The maximum atomic E-state index is 13.1. The molecule has 5 nitrogen and oxygen atoms in total. The average Bonchev–Trinajstić information content (AvgIpc) is 2.83. The van der Waals surface area contributed by atoms with Gasteiger partial charge in [0, 0.05) is 13.1 Å². The van der Waals surface area contributed by atoms with Gasteiger partial charge in [0.05, 0.1) is 22.8 Å². The Labute approximate surface area is 96.1 Å². The van der Waals surface area contributed by atoms with Gasteiger partial charge in [-0.05, 0) is 12.1 Å². The summed E-state index contributed by atoms with van der Waals surface area (Å²) in [6.07, 6.45) is 1.60. The molecule has 2 heterocycles. The van der Waals surface area contributed by atoms with E-state index in [1.807, 2.05) is 11.6 Å². The largest absolute Gasteiger partial charge is 0.383 e. The lowest BCUT2D eigenvalue weighted by atomic mass is 10.3. The number of benzene rings is 1. The molecule has 0 aliphatic rings. The van der Waals surface area contributed by atoms with Gasteiger partial charge in [-0.15, -0.1) is 0 Å². The number of imidazole rings is 1. The fraction of sp³-hybridized carbons (Fsp3) is 0.0909. The third kappa shape index (κ3) is 1.37. The highest BCUT2D eigenvalue weighted by molar-refractivity contribution is 5.82. The number of nitrogen functional groups attached to an aromatic ring is 1. The number of aromatic amines is 1. The number of nitrogens with one attached hydrogen (secondary N) is 1. The molecule has 86 valence electrons. The maximum absolute atomic E-state index is 13.1. The summed E-state index contributed by atoms with van der Waals surface area (Å²) in [7, 11) is 1.86. The van der Waals surface area contributed by atoms with E-state index in [-0.39, 0.29) is 5.82 Å². The van der Waals surface area contributed by atoms with Crippen LogP contribution in [0.2, 0.25) is 0 Å². The number of halogens is 1.